The number of rotatable bonds is 0. The van der Waals surface area contributed by atoms with Crippen LogP contribution in [0.25, 0.3) is 0 Å². The lowest BCUT2D eigenvalue weighted by Crippen LogP contribution is -2.44. The molecule has 0 aromatic rings. The SMILES string of the molecule is N[C@H]1CC2CC3CC1C[C@](O)(C3)C2. The first-order valence-corrected chi connectivity index (χ1v) is 5.63. The molecule has 13 heavy (non-hydrogen) atoms. The first-order chi connectivity index (χ1) is 6.15. The molecule has 3 unspecified atom stereocenters. The van der Waals surface area contributed by atoms with Crippen molar-refractivity contribution < 1.29 is 5.11 Å². The van der Waals surface area contributed by atoms with Crippen molar-refractivity contribution in [3.05, 3.63) is 0 Å². The molecule has 0 aromatic carbocycles. The van der Waals surface area contributed by atoms with E-state index in [2.05, 4.69) is 0 Å². The fraction of sp³-hybridized carbons (Fsp3) is 1.00. The highest BCUT2D eigenvalue weighted by atomic mass is 16.3. The van der Waals surface area contributed by atoms with Crippen molar-refractivity contribution in [2.75, 3.05) is 0 Å². The van der Waals surface area contributed by atoms with Crippen molar-refractivity contribution in [1.82, 2.24) is 0 Å². The van der Waals surface area contributed by atoms with Gasteiger partial charge in [-0.2, -0.15) is 0 Å². The summed E-state index contributed by atoms with van der Waals surface area (Å²) in [7, 11) is 0. The Hall–Kier alpha value is -0.0800. The van der Waals surface area contributed by atoms with Crippen LogP contribution in [0.3, 0.4) is 0 Å². The summed E-state index contributed by atoms with van der Waals surface area (Å²) < 4.78 is 0. The van der Waals surface area contributed by atoms with Gasteiger partial charge in [-0.3, -0.25) is 0 Å². The van der Waals surface area contributed by atoms with Gasteiger partial charge < -0.3 is 10.8 Å². The minimum atomic E-state index is -0.315. The maximum Gasteiger partial charge on any atom is 0.0656 e. The molecule has 3 N–H and O–H groups in total. The summed E-state index contributed by atoms with van der Waals surface area (Å²) in [5.74, 6) is 2.14. The minimum absolute atomic E-state index is 0.315. The van der Waals surface area contributed by atoms with Crippen LogP contribution in [-0.2, 0) is 0 Å². The average Bonchev–Trinajstić information content (AvgIpc) is 2.12. The molecule has 0 radical (unpaired) electrons. The van der Waals surface area contributed by atoms with Crippen molar-refractivity contribution >= 4 is 0 Å². The zero-order chi connectivity index (χ0) is 9.05. The van der Waals surface area contributed by atoms with Crippen molar-refractivity contribution in [2.45, 2.75) is 50.2 Å². The lowest BCUT2D eigenvalue weighted by atomic mass is 9.65. The molecule has 4 fully saturated rings. The molecule has 5 atom stereocenters. The Balaban J connectivity index is 1.95. The van der Waals surface area contributed by atoms with Crippen LogP contribution < -0.4 is 5.73 Å². The van der Waals surface area contributed by atoms with Crippen LogP contribution in [0.1, 0.15) is 38.5 Å². The highest BCUT2D eigenvalue weighted by Gasteiger charge is 2.49. The Bertz CT molecular complexity index is 230. The lowest BCUT2D eigenvalue weighted by molar-refractivity contribution is -0.0714. The fourth-order valence-corrected chi connectivity index (χ4v) is 4.22. The van der Waals surface area contributed by atoms with E-state index in [1.807, 2.05) is 0 Å². The summed E-state index contributed by atoms with van der Waals surface area (Å²) in [5.41, 5.74) is 5.84. The van der Waals surface area contributed by atoms with E-state index in [4.69, 9.17) is 5.73 Å². The van der Waals surface area contributed by atoms with Gasteiger partial charge in [0, 0.05) is 6.04 Å². The molecule has 74 valence electrons. The van der Waals surface area contributed by atoms with Crippen molar-refractivity contribution in [3.8, 4) is 0 Å². The molecule has 4 aliphatic carbocycles. The summed E-state index contributed by atoms with van der Waals surface area (Å²) in [6, 6.07) is 0.379. The van der Waals surface area contributed by atoms with Crippen LogP contribution in [0.15, 0.2) is 0 Å². The van der Waals surface area contributed by atoms with Gasteiger partial charge in [0.25, 0.3) is 0 Å². The Morgan fingerprint density at radius 2 is 1.69 bits per heavy atom. The van der Waals surface area contributed by atoms with Gasteiger partial charge in [-0.15, -0.1) is 0 Å². The van der Waals surface area contributed by atoms with Crippen molar-refractivity contribution in [2.24, 2.45) is 23.5 Å². The molecule has 4 saturated carbocycles. The predicted octanol–water partition coefficient (Wildman–Crippen LogP) is 1.27. The molecule has 0 aromatic heterocycles. The number of fused-ring (bicyclic) bond motifs is 1. The maximum absolute atomic E-state index is 10.3. The first-order valence-electron chi connectivity index (χ1n) is 5.63. The van der Waals surface area contributed by atoms with E-state index < -0.39 is 0 Å². The second kappa shape index (κ2) is 2.48. The predicted molar refractivity (Wildman–Crippen MR) is 51.1 cm³/mol. The van der Waals surface area contributed by atoms with Crippen LogP contribution in [0.2, 0.25) is 0 Å². The minimum Gasteiger partial charge on any atom is -0.390 e. The molecule has 4 aliphatic rings. The summed E-state index contributed by atoms with van der Waals surface area (Å²) in [5, 5.41) is 10.3. The van der Waals surface area contributed by atoms with Crippen molar-refractivity contribution in [3.63, 3.8) is 0 Å². The first kappa shape index (κ1) is 8.25. The largest absolute Gasteiger partial charge is 0.390 e. The Labute approximate surface area is 79.5 Å². The van der Waals surface area contributed by atoms with Gasteiger partial charge >= 0.3 is 0 Å². The van der Waals surface area contributed by atoms with Crippen LogP contribution in [0.4, 0.5) is 0 Å². The number of hydrogen-bond donors (Lipinski definition) is 2. The van der Waals surface area contributed by atoms with Crippen LogP contribution >= 0.6 is 0 Å². The third-order valence-corrected chi connectivity index (χ3v) is 4.49. The van der Waals surface area contributed by atoms with Gasteiger partial charge in [0.15, 0.2) is 0 Å². The highest BCUT2D eigenvalue weighted by molar-refractivity contribution is 5.02. The molecular weight excluding hydrogens is 162 g/mol. The summed E-state index contributed by atoms with van der Waals surface area (Å²) in [6.45, 7) is 0. The smallest absolute Gasteiger partial charge is 0.0656 e. The quantitative estimate of drug-likeness (QED) is 0.591. The second-order valence-electron chi connectivity index (χ2n) is 5.70. The van der Waals surface area contributed by atoms with Crippen LogP contribution in [-0.4, -0.2) is 16.7 Å². The number of aliphatic hydroxyl groups is 1. The van der Waals surface area contributed by atoms with Gasteiger partial charge in [-0.1, -0.05) is 0 Å². The van der Waals surface area contributed by atoms with E-state index in [0.29, 0.717) is 12.0 Å². The maximum atomic E-state index is 10.3. The molecule has 0 spiro atoms. The van der Waals surface area contributed by atoms with E-state index in [9.17, 15) is 5.11 Å². The molecule has 4 bridgehead atoms. The Morgan fingerprint density at radius 3 is 2.38 bits per heavy atom. The Morgan fingerprint density at radius 1 is 1.00 bits per heavy atom. The zero-order valence-corrected chi connectivity index (χ0v) is 8.08. The number of hydrogen-bond acceptors (Lipinski definition) is 2. The van der Waals surface area contributed by atoms with E-state index in [0.717, 1.165) is 31.1 Å². The lowest BCUT2D eigenvalue weighted by Gasteiger charge is -2.45. The third kappa shape index (κ3) is 1.23. The fourth-order valence-electron chi connectivity index (χ4n) is 4.22. The summed E-state index contributed by atoms with van der Waals surface area (Å²) in [6.07, 6.45) is 6.89. The van der Waals surface area contributed by atoms with Crippen LogP contribution in [0, 0.1) is 17.8 Å². The average molecular weight is 181 g/mol. The topological polar surface area (TPSA) is 46.2 Å². The molecule has 0 amide bonds. The summed E-state index contributed by atoms with van der Waals surface area (Å²) >= 11 is 0. The molecular formula is C11H19NO. The van der Waals surface area contributed by atoms with Gasteiger partial charge in [0.05, 0.1) is 5.60 Å². The molecule has 2 nitrogen and oxygen atoms in total. The zero-order valence-electron chi connectivity index (χ0n) is 8.08. The second-order valence-corrected chi connectivity index (χ2v) is 5.70. The molecule has 0 heterocycles. The van der Waals surface area contributed by atoms with Gasteiger partial charge in [0.2, 0.25) is 0 Å². The highest BCUT2D eigenvalue weighted by Crippen LogP contribution is 2.52. The van der Waals surface area contributed by atoms with E-state index in [1.54, 1.807) is 0 Å². The van der Waals surface area contributed by atoms with E-state index >= 15 is 0 Å². The molecule has 4 rings (SSSR count). The number of nitrogens with two attached hydrogens (primary N) is 1. The van der Waals surface area contributed by atoms with Crippen LogP contribution in [0.5, 0.6) is 0 Å². The summed E-state index contributed by atoms with van der Waals surface area (Å²) in [4.78, 5) is 0. The van der Waals surface area contributed by atoms with E-state index in [-0.39, 0.29) is 5.60 Å². The molecule has 2 heteroatoms. The van der Waals surface area contributed by atoms with Gasteiger partial charge in [-0.25, -0.2) is 0 Å². The standard InChI is InChI=1S/C11H19NO/c12-10-3-8-1-7-2-9(10)6-11(13,4-7)5-8/h7-10,13H,1-6,12H2/t7?,8?,9?,10-,11-/m0/s1. The van der Waals surface area contributed by atoms with Gasteiger partial charge in [0.1, 0.15) is 0 Å². The van der Waals surface area contributed by atoms with Crippen molar-refractivity contribution in [1.29, 1.82) is 0 Å². The van der Waals surface area contributed by atoms with Gasteiger partial charge in [-0.05, 0) is 56.3 Å². The third-order valence-electron chi connectivity index (χ3n) is 4.49. The van der Waals surface area contributed by atoms with E-state index in [1.165, 1.54) is 19.3 Å². The normalized spacial score (nSPS) is 59.5. The molecule has 0 aliphatic heterocycles. The Kier molecular flexibility index (Phi) is 1.58. The molecule has 0 saturated heterocycles. The monoisotopic (exact) mass is 181 g/mol.